The quantitative estimate of drug-likeness (QED) is 0.110. The number of rotatable bonds is 12. The van der Waals surface area contributed by atoms with Crippen molar-refractivity contribution in [2.24, 2.45) is 0 Å². The van der Waals surface area contributed by atoms with Crippen LogP contribution in [0.25, 0.3) is 27.6 Å². The van der Waals surface area contributed by atoms with Gasteiger partial charge in [0.25, 0.3) is 0 Å². The van der Waals surface area contributed by atoms with E-state index in [-0.39, 0.29) is 0 Å². The van der Waals surface area contributed by atoms with Gasteiger partial charge in [0.05, 0.1) is 35.1 Å². The molecule has 2 aromatic carbocycles. The average Bonchev–Trinajstić information content (AvgIpc) is 3.88. The summed E-state index contributed by atoms with van der Waals surface area (Å²) in [4.78, 5) is 31.8. The molecular formula is C41H53N11O. The van der Waals surface area contributed by atoms with E-state index in [1.165, 1.54) is 36.9 Å². The number of nitrogens with one attached hydrogen (secondary N) is 3. The molecular weight excluding hydrogens is 663 g/mol. The summed E-state index contributed by atoms with van der Waals surface area (Å²) in [6.07, 6.45) is 16.2. The molecule has 12 nitrogen and oxygen atoms in total. The number of piperazine rings is 1. The van der Waals surface area contributed by atoms with E-state index in [1.807, 2.05) is 43.4 Å². The Kier molecular flexibility index (Phi) is 10.7. The highest BCUT2D eigenvalue weighted by molar-refractivity contribution is 5.99. The second-order valence-electron chi connectivity index (χ2n) is 14.6. The lowest BCUT2D eigenvalue weighted by Gasteiger charge is -2.40. The molecule has 4 heterocycles. The third-order valence-electron chi connectivity index (χ3n) is 10.5. The van der Waals surface area contributed by atoms with Crippen molar-refractivity contribution < 1.29 is 4.74 Å². The zero-order valence-corrected chi connectivity index (χ0v) is 32.2. The van der Waals surface area contributed by atoms with Crippen molar-refractivity contribution in [1.82, 2.24) is 34.7 Å². The monoisotopic (exact) mass is 715 g/mol. The van der Waals surface area contributed by atoms with E-state index < -0.39 is 0 Å². The van der Waals surface area contributed by atoms with E-state index in [0.29, 0.717) is 17.4 Å². The second kappa shape index (κ2) is 15.7. The van der Waals surface area contributed by atoms with E-state index >= 15 is 0 Å². The van der Waals surface area contributed by atoms with Crippen molar-refractivity contribution >= 4 is 62.2 Å². The third kappa shape index (κ3) is 7.73. The first-order valence-electron chi connectivity index (χ1n) is 18.8. The van der Waals surface area contributed by atoms with Crippen molar-refractivity contribution in [2.45, 2.75) is 52.0 Å². The summed E-state index contributed by atoms with van der Waals surface area (Å²) in [6.45, 7) is 8.49. The van der Waals surface area contributed by atoms with Gasteiger partial charge in [0.15, 0.2) is 0 Å². The van der Waals surface area contributed by atoms with Gasteiger partial charge in [-0.05, 0) is 56.0 Å². The molecule has 12 heteroatoms. The minimum Gasteiger partial charge on any atom is -0.494 e. The number of aromatic nitrogens is 5. The van der Waals surface area contributed by atoms with Gasteiger partial charge in [-0.25, -0.2) is 0 Å². The molecule has 53 heavy (non-hydrogen) atoms. The molecule has 5 aromatic rings. The van der Waals surface area contributed by atoms with E-state index in [9.17, 15) is 0 Å². The van der Waals surface area contributed by atoms with Gasteiger partial charge in [-0.3, -0.25) is 14.9 Å². The van der Waals surface area contributed by atoms with Gasteiger partial charge in [-0.1, -0.05) is 31.4 Å². The maximum Gasteiger partial charge on any atom is 0.231 e. The molecule has 0 bridgehead atoms. The average molecular weight is 716 g/mol. The number of hydrogen-bond donors (Lipinski definition) is 3. The number of allylic oxidation sites excluding steroid dienone is 3. The van der Waals surface area contributed by atoms with Crippen molar-refractivity contribution in [1.29, 1.82) is 0 Å². The van der Waals surface area contributed by atoms with Crippen LogP contribution in [0.5, 0.6) is 5.75 Å². The molecule has 1 saturated carbocycles. The summed E-state index contributed by atoms with van der Waals surface area (Å²) in [5.41, 5.74) is 9.69. The number of methoxy groups -OCH3 is 1. The standard InChI is InChI=1S/C41H53N11O/c1-8-27(2)23-28(26-49(3)4)31-24-34(36(53-7)25-35(31)52-21-19-51(20-22-52)29-11-9-10-12-29)46-41-47-39-30(15-16-44-39)40(48-41)45-33-14-13-32-37(38(33)50(5)6)43-18-17-42-32/h13-18,23-26,29H,8-12,19-22H2,1-7H3,(H3,44,45,46,47,48)/b27-23+,28-26+. The predicted octanol–water partition coefficient (Wildman–Crippen LogP) is 7.79. The van der Waals surface area contributed by atoms with Gasteiger partial charge in [-0.2, -0.15) is 9.97 Å². The lowest BCUT2D eigenvalue weighted by molar-refractivity contribution is 0.187. The van der Waals surface area contributed by atoms with Crippen molar-refractivity contribution in [3.05, 3.63) is 72.3 Å². The molecule has 1 aliphatic heterocycles. The fourth-order valence-electron chi connectivity index (χ4n) is 7.67. The normalized spacial score (nSPS) is 16.1. The molecule has 0 unspecified atom stereocenters. The van der Waals surface area contributed by atoms with Gasteiger partial charge in [0, 0.05) is 103 Å². The van der Waals surface area contributed by atoms with E-state index in [0.717, 1.165) is 89.0 Å². The summed E-state index contributed by atoms with van der Waals surface area (Å²) in [6, 6.07) is 11.1. The SMILES string of the molecule is CC/C(C)=C/C(=C\N(C)C)c1cc(Nc2nc(Nc3ccc4nccnc4c3N(C)C)c3cc[nH]c3n2)c(OC)cc1N1CCN(C2CCCC2)CC1. The van der Waals surface area contributed by atoms with Crippen molar-refractivity contribution in [2.75, 3.05) is 81.9 Å². The predicted molar refractivity (Wildman–Crippen MR) is 219 cm³/mol. The molecule has 0 spiro atoms. The van der Waals surface area contributed by atoms with Crippen molar-refractivity contribution in [3.8, 4) is 5.75 Å². The van der Waals surface area contributed by atoms with Crippen LogP contribution in [-0.2, 0) is 0 Å². The highest BCUT2D eigenvalue weighted by Crippen LogP contribution is 2.41. The fraction of sp³-hybridized carbons (Fsp3) is 0.415. The molecule has 7 rings (SSSR count). The van der Waals surface area contributed by atoms with Crippen LogP contribution in [0.2, 0.25) is 0 Å². The van der Waals surface area contributed by atoms with E-state index in [1.54, 1.807) is 19.5 Å². The van der Waals surface area contributed by atoms with Gasteiger partial charge in [-0.15, -0.1) is 0 Å². The number of nitrogens with zero attached hydrogens (tertiary/aromatic N) is 8. The third-order valence-corrected chi connectivity index (χ3v) is 10.5. The Morgan fingerprint density at radius 2 is 1.74 bits per heavy atom. The summed E-state index contributed by atoms with van der Waals surface area (Å²) >= 11 is 0. The molecule has 0 amide bonds. The van der Waals surface area contributed by atoms with Crippen LogP contribution >= 0.6 is 0 Å². The minimum atomic E-state index is 0.440. The van der Waals surface area contributed by atoms with Crippen LogP contribution in [0, 0.1) is 0 Å². The van der Waals surface area contributed by atoms with Gasteiger partial charge in [0.1, 0.15) is 22.7 Å². The topological polar surface area (TPSA) is 114 Å². The Labute approximate surface area is 313 Å². The summed E-state index contributed by atoms with van der Waals surface area (Å²) in [5.74, 6) is 1.83. The second-order valence-corrected chi connectivity index (χ2v) is 14.6. The summed E-state index contributed by atoms with van der Waals surface area (Å²) in [7, 11) is 9.90. The highest BCUT2D eigenvalue weighted by Gasteiger charge is 2.28. The summed E-state index contributed by atoms with van der Waals surface area (Å²) < 4.78 is 6.11. The largest absolute Gasteiger partial charge is 0.494 e. The fourth-order valence-corrected chi connectivity index (χ4v) is 7.67. The van der Waals surface area contributed by atoms with Crippen LogP contribution in [0.4, 0.5) is 34.5 Å². The molecule has 0 radical (unpaired) electrons. The maximum atomic E-state index is 6.11. The molecule has 2 aliphatic rings. The van der Waals surface area contributed by atoms with E-state index in [2.05, 4.69) is 92.6 Å². The van der Waals surface area contributed by atoms with Crippen LogP contribution in [0.15, 0.2) is 66.8 Å². The Balaban J connectivity index is 1.28. The van der Waals surface area contributed by atoms with Crippen LogP contribution in [-0.4, -0.2) is 102 Å². The van der Waals surface area contributed by atoms with Crippen molar-refractivity contribution in [3.63, 3.8) is 0 Å². The zero-order valence-electron chi connectivity index (χ0n) is 32.2. The summed E-state index contributed by atoms with van der Waals surface area (Å²) in [5, 5.41) is 8.03. The number of anilines is 6. The Hall–Kier alpha value is -5.36. The molecule has 1 aliphatic carbocycles. The van der Waals surface area contributed by atoms with Gasteiger partial charge in [0.2, 0.25) is 5.95 Å². The lowest BCUT2D eigenvalue weighted by Crippen LogP contribution is -2.50. The number of H-pyrrole nitrogens is 1. The zero-order chi connectivity index (χ0) is 37.1. The Morgan fingerprint density at radius 1 is 0.962 bits per heavy atom. The Morgan fingerprint density at radius 3 is 2.45 bits per heavy atom. The number of ether oxygens (including phenoxy) is 1. The maximum absolute atomic E-state index is 6.11. The van der Waals surface area contributed by atoms with Crippen LogP contribution in [0.3, 0.4) is 0 Å². The van der Waals surface area contributed by atoms with Gasteiger partial charge >= 0.3 is 0 Å². The number of fused-ring (bicyclic) bond motifs is 2. The number of hydrogen-bond acceptors (Lipinski definition) is 11. The first-order valence-corrected chi connectivity index (χ1v) is 18.8. The first-order chi connectivity index (χ1) is 25.7. The van der Waals surface area contributed by atoms with Crippen LogP contribution < -0.4 is 25.2 Å². The lowest BCUT2D eigenvalue weighted by atomic mass is 9.98. The number of aromatic amines is 1. The van der Waals surface area contributed by atoms with Gasteiger partial charge < -0.3 is 35.1 Å². The highest BCUT2D eigenvalue weighted by atomic mass is 16.5. The smallest absolute Gasteiger partial charge is 0.231 e. The Bertz CT molecular complexity index is 2120. The molecule has 1 saturated heterocycles. The molecule has 2 fully saturated rings. The molecule has 3 aromatic heterocycles. The number of benzene rings is 2. The minimum absolute atomic E-state index is 0.440. The molecule has 278 valence electrons. The van der Waals surface area contributed by atoms with Crippen LogP contribution in [0.1, 0.15) is 51.5 Å². The van der Waals surface area contributed by atoms with E-state index in [4.69, 9.17) is 14.7 Å². The first kappa shape index (κ1) is 36.0. The molecule has 3 N–H and O–H groups in total. The molecule has 0 atom stereocenters.